The minimum Gasteiger partial charge on any atom is -0.253 e. The lowest BCUT2D eigenvalue weighted by atomic mass is 10.2. The molecule has 0 bridgehead atoms. The molecule has 106 valence electrons. The van der Waals surface area contributed by atoms with Crippen molar-refractivity contribution in [2.24, 2.45) is 0 Å². The van der Waals surface area contributed by atoms with Crippen molar-refractivity contribution < 1.29 is 8.42 Å². The van der Waals surface area contributed by atoms with E-state index in [0.717, 1.165) is 24.6 Å². The van der Waals surface area contributed by atoms with E-state index in [9.17, 15) is 8.42 Å². The van der Waals surface area contributed by atoms with Crippen molar-refractivity contribution in [1.82, 2.24) is 9.29 Å². The second-order valence-corrected chi connectivity index (χ2v) is 7.29. The van der Waals surface area contributed by atoms with Crippen LogP contribution in [-0.4, -0.2) is 30.8 Å². The van der Waals surface area contributed by atoms with Gasteiger partial charge < -0.3 is 0 Å². The van der Waals surface area contributed by atoms with Gasteiger partial charge in [-0.3, -0.25) is 4.98 Å². The maximum Gasteiger partial charge on any atom is 0.244 e. The van der Waals surface area contributed by atoms with E-state index in [0.29, 0.717) is 23.6 Å². The summed E-state index contributed by atoms with van der Waals surface area (Å²) in [6.45, 7) is 1.19. The zero-order valence-corrected chi connectivity index (χ0v) is 12.5. The molecule has 1 aromatic carbocycles. The molecule has 3 rings (SSSR count). The van der Waals surface area contributed by atoms with Crippen molar-refractivity contribution in [3.05, 3.63) is 35.5 Å². The minimum atomic E-state index is -3.44. The Kier molecular flexibility index (Phi) is 3.67. The summed E-state index contributed by atoms with van der Waals surface area (Å²) in [7, 11) is -3.44. The fourth-order valence-corrected chi connectivity index (χ4v) is 4.23. The van der Waals surface area contributed by atoms with E-state index in [2.05, 4.69) is 4.98 Å². The van der Waals surface area contributed by atoms with E-state index in [-0.39, 0.29) is 4.90 Å². The standard InChI is InChI=1S/C14H15ClN2O2S/c15-13-6-4-5-11-9-12(10-16-14(11)13)20(18,19)17-7-2-1-3-8-17/h4-6,9-10H,1-3,7-8H2. The number of nitrogens with zero attached hydrogens (tertiary/aromatic N) is 2. The molecule has 0 spiro atoms. The first-order valence-electron chi connectivity index (χ1n) is 6.63. The zero-order chi connectivity index (χ0) is 14.2. The van der Waals surface area contributed by atoms with Gasteiger partial charge in [0.05, 0.1) is 10.5 Å². The molecule has 1 saturated heterocycles. The van der Waals surface area contributed by atoms with Gasteiger partial charge in [-0.25, -0.2) is 8.42 Å². The molecule has 2 aromatic rings. The number of hydrogen-bond donors (Lipinski definition) is 0. The van der Waals surface area contributed by atoms with Gasteiger partial charge in [-0.05, 0) is 25.0 Å². The largest absolute Gasteiger partial charge is 0.253 e. The Labute approximate surface area is 123 Å². The molecule has 0 radical (unpaired) electrons. The average Bonchev–Trinajstić information content (AvgIpc) is 2.48. The van der Waals surface area contributed by atoms with Crippen molar-refractivity contribution in [3.8, 4) is 0 Å². The lowest BCUT2D eigenvalue weighted by Crippen LogP contribution is -2.35. The van der Waals surface area contributed by atoms with Gasteiger partial charge in [-0.2, -0.15) is 4.31 Å². The fraction of sp³-hybridized carbons (Fsp3) is 0.357. The highest BCUT2D eigenvalue weighted by molar-refractivity contribution is 7.89. The average molecular weight is 311 g/mol. The van der Waals surface area contributed by atoms with Crippen LogP contribution in [0.1, 0.15) is 19.3 Å². The highest BCUT2D eigenvalue weighted by atomic mass is 35.5. The predicted molar refractivity (Wildman–Crippen MR) is 79.4 cm³/mol. The summed E-state index contributed by atoms with van der Waals surface area (Å²) in [5.74, 6) is 0. The Morgan fingerprint density at radius 1 is 1.15 bits per heavy atom. The molecular formula is C14H15ClN2O2S. The Bertz CT molecular complexity index is 740. The van der Waals surface area contributed by atoms with Crippen molar-refractivity contribution in [2.45, 2.75) is 24.2 Å². The van der Waals surface area contributed by atoms with Crippen molar-refractivity contribution >= 4 is 32.5 Å². The van der Waals surface area contributed by atoms with Gasteiger partial charge >= 0.3 is 0 Å². The van der Waals surface area contributed by atoms with Gasteiger partial charge in [0.2, 0.25) is 10.0 Å². The molecule has 2 heterocycles. The number of benzene rings is 1. The highest BCUT2D eigenvalue weighted by Gasteiger charge is 2.26. The van der Waals surface area contributed by atoms with Gasteiger partial charge in [-0.1, -0.05) is 30.2 Å². The molecule has 1 fully saturated rings. The lowest BCUT2D eigenvalue weighted by molar-refractivity contribution is 0.346. The van der Waals surface area contributed by atoms with Crippen LogP contribution in [0.15, 0.2) is 35.4 Å². The third kappa shape index (κ3) is 2.41. The molecule has 0 aliphatic carbocycles. The SMILES string of the molecule is O=S(=O)(c1cnc2c(Cl)cccc2c1)N1CCCCC1. The molecule has 0 atom stereocenters. The first-order valence-corrected chi connectivity index (χ1v) is 8.45. The molecular weight excluding hydrogens is 296 g/mol. The van der Waals surface area contributed by atoms with Gasteiger partial charge in [0.1, 0.15) is 4.90 Å². The summed E-state index contributed by atoms with van der Waals surface area (Å²) in [5, 5.41) is 1.28. The monoisotopic (exact) mass is 310 g/mol. The fourth-order valence-electron chi connectivity index (χ4n) is 2.50. The molecule has 6 heteroatoms. The van der Waals surface area contributed by atoms with Gasteiger partial charge in [-0.15, -0.1) is 0 Å². The van der Waals surface area contributed by atoms with Crippen molar-refractivity contribution in [2.75, 3.05) is 13.1 Å². The maximum absolute atomic E-state index is 12.6. The van der Waals surface area contributed by atoms with Crippen LogP contribution in [-0.2, 0) is 10.0 Å². The second-order valence-electron chi connectivity index (χ2n) is 4.95. The highest BCUT2D eigenvalue weighted by Crippen LogP contribution is 2.26. The van der Waals surface area contributed by atoms with Crippen LogP contribution in [0, 0.1) is 0 Å². The quantitative estimate of drug-likeness (QED) is 0.856. The predicted octanol–water partition coefficient (Wildman–Crippen LogP) is 3.06. The van der Waals surface area contributed by atoms with Gasteiger partial charge in [0.15, 0.2) is 0 Å². The van der Waals surface area contributed by atoms with Crippen LogP contribution in [0.25, 0.3) is 10.9 Å². The Morgan fingerprint density at radius 2 is 1.90 bits per heavy atom. The van der Waals surface area contributed by atoms with Crippen LogP contribution in [0.2, 0.25) is 5.02 Å². The lowest BCUT2D eigenvalue weighted by Gasteiger charge is -2.25. The molecule has 0 saturated carbocycles. The molecule has 1 aliphatic rings. The molecule has 1 aliphatic heterocycles. The van der Waals surface area contributed by atoms with Crippen LogP contribution < -0.4 is 0 Å². The Morgan fingerprint density at radius 3 is 2.65 bits per heavy atom. The molecule has 1 aromatic heterocycles. The van der Waals surface area contributed by atoms with Crippen molar-refractivity contribution in [1.29, 1.82) is 0 Å². The first-order chi connectivity index (χ1) is 9.59. The number of halogens is 1. The van der Waals surface area contributed by atoms with Crippen LogP contribution in [0.3, 0.4) is 0 Å². The normalized spacial score (nSPS) is 17.4. The number of para-hydroxylation sites is 1. The summed E-state index contributed by atoms with van der Waals surface area (Å²) in [6.07, 6.45) is 4.34. The third-order valence-electron chi connectivity index (χ3n) is 3.59. The van der Waals surface area contributed by atoms with E-state index in [1.807, 2.05) is 6.07 Å². The zero-order valence-electron chi connectivity index (χ0n) is 10.9. The van der Waals surface area contributed by atoms with Crippen LogP contribution in [0.4, 0.5) is 0 Å². The second kappa shape index (κ2) is 5.31. The topological polar surface area (TPSA) is 50.3 Å². The van der Waals surface area contributed by atoms with Crippen LogP contribution >= 0.6 is 11.6 Å². The smallest absolute Gasteiger partial charge is 0.244 e. The van der Waals surface area contributed by atoms with Crippen molar-refractivity contribution in [3.63, 3.8) is 0 Å². The summed E-state index contributed by atoms with van der Waals surface area (Å²) in [5.41, 5.74) is 0.631. The summed E-state index contributed by atoms with van der Waals surface area (Å²) < 4.78 is 26.7. The number of hydrogen-bond acceptors (Lipinski definition) is 3. The minimum absolute atomic E-state index is 0.245. The summed E-state index contributed by atoms with van der Waals surface area (Å²) >= 11 is 6.05. The van der Waals surface area contributed by atoms with E-state index in [1.54, 1.807) is 22.5 Å². The summed E-state index contributed by atoms with van der Waals surface area (Å²) in [6, 6.07) is 7.01. The Balaban J connectivity index is 2.05. The third-order valence-corrected chi connectivity index (χ3v) is 5.76. The number of pyridine rings is 1. The number of piperidine rings is 1. The number of sulfonamides is 1. The van der Waals surface area contributed by atoms with Gasteiger partial charge in [0, 0.05) is 24.7 Å². The maximum atomic E-state index is 12.6. The number of rotatable bonds is 2. The number of aromatic nitrogens is 1. The molecule has 0 unspecified atom stereocenters. The van der Waals surface area contributed by atoms with E-state index in [4.69, 9.17) is 11.6 Å². The van der Waals surface area contributed by atoms with E-state index >= 15 is 0 Å². The molecule has 20 heavy (non-hydrogen) atoms. The first kappa shape index (κ1) is 13.8. The van der Waals surface area contributed by atoms with E-state index in [1.165, 1.54) is 6.20 Å². The molecule has 4 nitrogen and oxygen atoms in total. The number of fused-ring (bicyclic) bond motifs is 1. The molecule has 0 amide bonds. The van der Waals surface area contributed by atoms with Gasteiger partial charge in [0.25, 0.3) is 0 Å². The van der Waals surface area contributed by atoms with E-state index < -0.39 is 10.0 Å². The van der Waals surface area contributed by atoms with Crippen LogP contribution in [0.5, 0.6) is 0 Å². The molecule has 0 N–H and O–H groups in total. The summed E-state index contributed by atoms with van der Waals surface area (Å²) in [4.78, 5) is 4.45. The Hall–Kier alpha value is -1.17.